The summed E-state index contributed by atoms with van der Waals surface area (Å²) < 4.78 is 1.73. The standard InChI is InChI=1S/C23H40N6O2/c1-7-27-8-10-28(11-9-27)15-17(2)13-24-22(31)19-12-20(30)29(23(3,4)5)21(19)18-14-25-26(6)16-18/h14,16-17,19,21H,7-13,15H2,1-6H3,(H,24,31)/t17-,19+,21-/m1/s1. The van der Waals surface area contributed by atoms with E-state index in [1.807, 2.05) is 38.9 Å². The highest BCUT2D eigenvalue weighted by molar-refractivity contribution is 5.90. The van der Waals surface area contributed by atoms with E-state index in [-0.39, 0.29) is 29.8 Å². The second kappa shape index (κ2) is 9.69. The first-order chi connectivity index (χ1) is 14.6. The van der Waals surface area contributed by atoms with Gasteiger partial charge in [-0.25, -0.2) is 0 Å². The van der Waals surface area contributed by atoms with E-state index in [0.717, 1.165) is 44.8 Å². The lowest BCUT2D eigenvalue weighted by molar-refractivity contribution is -0.133. The smallest absolute Gasteiger partial charge is 0.226 e. The highest BCUT2D eigenvalue weighted by Crippen LogP contribution is 2.42. The minimum Gasteiger partial charge on any atom is -0.355 e. The lowest BCUT2D eigenvalue weighted by Crippen LogP contribution is -2.48. The molecule has 1 aromatic heterocycles. The molecule has 2 fully saturated rings. The van der Waals surface area contributed by atoms with Gasteiger partial charge in [0, 0.05) is 70.0 Å². The minimum atomic E-state index is -0.392. The van der Waals surface area contributed by atoms with Gasteiger partial charge in [0.15, 0.2) is 0 Å². The molecular formula is C23H40N6O2. The lowest BCUT2D eigenvalue weighted by atomic mass is 9.92. The molecule has 2 aliphatic heterocycles. The third-order valence-corrected chi connectivity index (χ3v) is 6.56. The molecule has 1 N–H and O–H groups in total. The highest BCUT2D eigenvalue weighted by Gasteiger charge is 2.48. The number of hydrogen-bond donors (Lipinski definition) is 1. The summed E-state index contributed by atoms with van der Waals surface area (Å²) in [5, 5.41) is 7.44. The summed E-state index contributed by atoms with van der Waals surface area (Å²) in [6.45, 7) is 17.6. The van der Waals surface area contributed by atoms with Crippen LogP contribution in [0.2, 0.25) is 0 Å². The first-order valence-corrected chi connectivity index (χ1v) is 11.6. The number of aryl methyl sites for hydroxylation is 1. The molecule has 0 spiro atoms. The number of hydrogen-bond acceptors (Lipinski definition) is 5. The van der Waals surface area contributed by atoms with E-state index in [1.165, 1.54) is 0 Å². The number of aromatic nitrogens is 2. The van der Waals surface area contributed by atoms with Gasteiger partial charge in [-0.05, 0) is 33.2 Å². The van der Waals surface area contributed by atoms with E-state index in [9.17, 15) is 9.59 Å². The Labute approximate surface area is 186 Å². The van der Waals surface area contributed by atoms with Crippen LogP contribution >= 0.6 is 0 Å². The summed E-state index contributed by atoms with van der Waals surface area (Å²) >= 11 is 0. The summed E-state index contributed by atoms with van der Waals surface area (Å²) in [7, 11) is 1.86. The molecule has 3 atom stereocenters. The Morgan fingerprint density at radius 2 is 1.87 bits per heavy atom. The Bertz CT molecular complexity index is 762. The van der Waals surface area contributed by atoms with E-state index >= 15 is 0 Å². The van der Waals surface area contributed by atoms with Crippen molar-refractivity contribution in [3.8, 4) is 0 Å². The third kappa shape index (κ3) is 5.66. The van der Waals surface area contributed by atoms with Crippen molar-refractivity contribution in [3.63, 3.8) is 0 Å². The summed E-state index contributed by atoms with van der Waals surface area (Å²) in [6, 6.07) is -0.279. The number of carbonyl (C=O) groups is 2. The van der Waals surface area contributed by atoms with E-state index in [2.05, 4.69) is 34.1 Å². The van der Waals surface area contributed by atoms with Gasteiger partial charge in [0.05, 0.1) is 18.2 Å². The monoisotopic (exact) mass is 432 g/mol. The molecule has 0 aliphatic carbocycles. The van der Waals surface area contributed by atoms with E-state index < -0.39 is 5.92 Å². The van der Waals surface area contributed by atoms with Crippen molar-refractivity contribution in [2.45, 2.75) is 52.6 Å². The molecule has 1 aromatic rings. The number of piperazine rings is 1. The average Bonchev–Trinajstić information content (AvgIpc) is 3.29. The predicted octanol–water partition coefficient (Wildman–Crippen LogP) is 1.50. The molecule has 2 saturated heterocycles. The molecule has 2 amide bonds. The second-order valence-electron chi connectivity index (χ2n) is 10.2. The van der Waals surface area contributed by atoms with Crippen LogP contribution in [0.1, 0.15) is 52.6 Å². The molecule has 0 unspecified atom stereocenters. The fourth-order valence-electron chi connectivity index (χ4n) is 4.93. The van der Waals surface area contributed by atoms with Crippen LogP contribution in [-0.2, 0) is 16.6 Å². The van der Waals surface area contributed by atoms with Gasteiger partial charge in [0.1, 0.15) is 0 Å². The fourth-order valence-corrected chi connectivity index (χ4v) is 4.93. The van der Waals surface area contributed by atoms with E-state index in [0.29, 0.717) is 12.5 Å². The fraction of sp³-hybridized carbons (Fsp3) is 0.783. The quantitative estimate of drug-likeness (QED) is 0.707. The maximum absolute atomic E-state index is 13.2. The summed E-state index contributed by atoms with van der Waals surface area (Å²) in [5.41, 5.74) is 0.561. The summed E-state index contributed by atoms with van der Waals surface area (Å²) in [4.78, 5) is 32.9. The zero-order chi connectivity index (χ0) is 22.8. The van der Waals surface area contributed by atoms with Gasteiger partial charge in [-0.2, -0.15) is 5.10 Å². The maximum atomic E-state index is 13.2. The molecule has 3 heterocycles. The zero-order valence-corrected chi connectivity index (χ0v) is 20.1. The third-order valence-electron chi connectivity index (χ3n) is 6.56. The molecule has 0 bridgehead atoms. The highest BCUT2D eigenvalue weighted by atomic mass is 16.2. The number of nitrogens with one attached hydrogen (secondary N) is 1. The molecular weight excluding hydrogens is 392 g/mol. The molecule has 8 heteroatoms. The summed E-state index contributed by atoms with van der Waals surface area (Å²) in [6.07, 6.45) is 3.94. The van der Waals surface area contributed by atoms with Crippen molar-refractivity contribution in [2.24, 2.45) is 18.9 Å². The van der Waals surface area contributed by atoms with Gasteiger partial charge >= 0.3 is 0 Å². The molecule has 8 nitrogen and oxygen atoms in total. The van der Waals surface area contributed by atoms with Gasteiger partial charge in [-0.1, -0.05) is 13.8 Å². The van der Waals surface area contributed by atoms with Gasteiger partial charge in [-0.15, -0.1) is 0 Å². The number of rotatable bonds is 7. The van der Waals surface area contributed by atoms with E-state index in [4.69, 9.17) is 0 Å². The van der Waals surface area contributed by atoms with Crippen LogP contribution in [0.4, 0.5) is 0 Å². The Balaban J connectivity index is 1.61. The second-order valence-corrected chi connectivity index (χ2v) is 10.2. The van der Waals surface area contributed by atoms with Crippen LogP contribution < -0.4 is 5.32 Å². The Hall–Kier alpha value is -1.93. The summed E-state index contributed by atoms with van der Waals surface area (Å²) in [5.74, 6) is -0.0269. The Morgan fingerprint density at radius 3 is 2.42 bits per heavy atom. The molecule has 2 aliphatic rings. The van der Waals surface area contributed by atoms with Gasteiger partial charge in [-0.3, -0.25) is 14.3 Å². The largest absolute Gasteiger partial charge is 0.355 e. The molecule has 0 saturated carbocycles. The van der Waals surface area contributed by atoms with Crippen LogP contribution in [0.15, 0.2) is 12.4 Å². The molecule has 0 aromatic carbocycles. The first kappa shape index (κ1) is 23.7. The average molecular weight is 433 g/mol. The van der Waals surface area contributed by atoms with Crippen LogP contribution in [0.5, 0.6) is 0 Å². The Morgan fingerprint density at radius 1 is 1.23 bits per heavy atom. The first-order valence-electron chi connectivity index (χ1n) is 11.6. The number of likely N-dealkylation sites (N-methyl/N-ethyl adjacent to an activating group) is 1. The molecule has 3 rings (SSSR count). The van der Waals surface area contributed by atoms with Crippen LogP contribution in [-0.4, -0.2) is 87.6 Å². The van der Waals surface area contributed by atoms with Gasteiger partial charge in [0.2, 0.25) is 11.8 Å². The van der Waals surface area contributed by atoms with Crippen LogP contribution in [0, 0.1) is 11.8 Å². The van der Waals surface area contributed by atoms with Crippen molar-refractivity contribution in [1.29, 1.82) is 0 Å². The lowest BCUT2D eigenvalue weighted by Gasteiger charge is -2.38. The van der Waals surface area contributed by atoms with Crippen molar-refractivity contribution in [3.05, 3.63) is 18.0 Å². The number of amides is 2. The molecule has 174 valence electrons. The van der Waals surface area contributed by atoms with Crippen LogP contribution in [0.3, 0.4) is 0 Å². The van der Waals surface area contributed by atoms with Crippen molar-refractivity contribution >= 4 is 11.8 Å². The van der Waals surface area contributed by atoms with Gasteiger partial charge in [0.25, 0.3) is 0 Å². The van der Waals surface area contributed by atoms with Crippen LogP contribution in [0.25, 0.3) is 0 Å². The van der Waals surface area contributed by atoms with E-state index in [1.54, 1.807) is 10.9 Å². The molecule has 31 heavy (non-hydrogen) atoms. The van der Waals surface area contributed by atoms with Gasteiger partial charge < -0.3 is 20.0 Å². The van der Waals surface area contributed by atoms with Crippen molar-refractivity contribution < 1.29 is 9.59 Å². The van der Waals surface area contributed by atoms with Crippen molar-refractivity contribution in [2.75, 3.05) is 45.8 Å². The normalized spacial score (nSPS) is 24.6. The number of nitrogens with zero attached hydrogens (tertiary/aromatic N) is 5. The topological polar surface area (TPSA) is 73.7 Å². The SMILES string of the molecule is CCN1CCN(C[C@H](C)CNC(=O)[C@H]2CC(=O)N(C(C)(C)C)[C@@H]2c2cnn(C)c2)CC1. The number of likely N-dealkylation sites (tertiary alicyclic amines) is 1. The maximum Gasteiger partial charge on any atom is 0.226 e. The van der Waals surface area contributed by atoms with Crippen molar-refractivity contribution in [1.82, 2.24) is 29.8 Å². The Kier molecular flexibility index (Phi) is 7.42. The number of carbonyl (C=O) groups excluding carboxylic acids is 2. The molecule has 0 radical (unpaired) electrons. The minimum absolute atomic E-state index is 0.0309. The predicted molar refractivity (Wildman–Crippen MR) is 121 cm³/mol. The zero-order valence-electron chi connectivity index (χ0n) is 20.1.